The van der Waals surface area contributed by atoms with Gasteiger partial charge in [-0.2, -0.15) is 0 Å². The smallest absolute Gasteiger partial charge is 0.134 e. The monoisotopic (exact) mass is 388 g/mol. The second kappa shape index (κ2) is 6.74. The summed E-state index contributed by atoms with van der Waals surface area (Å²) in [6.45, 7) is 1.82. The lowest BCUT2D eigenvalue weighted by atomic mass is 9.84. The summed E-state index contributed by atoms with van der Waals surface area (Å²) in [5.41, 5.74) is 0.733. The van der Waals surface area contributed by atoms with E-state index in [1.165, 1.54) is 0 Å². The van der Waals surface area contributed by atoms with Gasteiger partial charge < -0.3 is 14.2 Å². The van der Waals surface area contributed by atoms with Gasteiger partial charge in [-0.1, -0.05) is 18.2 Å². The van der Waals surface area contributed by atoms with Crippen LogP contribution < -0.4 is 0 Å². The van der Waals surface area contributed by atoms with Crippen LogP contribution in [0.15, 0.2) is 71.5 Å². The molecule has 0 bridgehead atoms. The molecule has 136 valence electrons. The van der Waals surface area contributed by atoms with Gasteiger partial charge in [-0.05, 0) is 55.7 Å². The van der Waals surface area contributed by atoms with Crippen molar-refractivity contribution in [3.05, 3.63) is 72.3 Å². The Morgan fingerprint density at radius 2 is 2.15 bits per heavy atom. The number of fused-ring (bicyclic) bond motifs is 3. The molecule has 1 aliphatic heterocycles. The number of aromatic nitrogens is 1. The van der Waals surface area contributed by atoms with Crippen molar-refractivity contribution in [2.75, 3.05) is 0 Å². The number of thioether (sulfide) groups is 1. The number of hydrogen-bond acceptors (Lipinski definition) is 5. The molecule has 0 saturated heterocycles. The molecule has 1 aromatic carbocycles. The van der Waals surface area contributed by atoms with Crippen molar-refractivity contribution in [1.82, 2.24) is 4.57 Å². The fraction of sp³-hybridized carbons (Fsp3) is 0.263. The molecule has 0 spiro atoms. The normalized spacial score (nSPS) is 28.6. The van der Waals surface area contributed by atoms with E-state index in [-0.39, 0.29) is 16.9 Å². The molecule has 4 rings (SSSR count). The number of nitrogens with zero attached hydrogens (tertiary/aromatic N) is 1. The van der Waals surface area contributed by atoms with E-state index in [1.54, 1.807) is 23.9 Å². The first-order chi connectivity index (χ1) is 12.5. The maximum atomic E-state index is 11.6. The number of hydrogen-bond donors (Lipinski definition) is 1. The van der Waals surface area contributed by atoms with Crippen LogP contribution in [0.5, 0.6) is 0 Å². The number of aliphatic hydroxyl groups is 1. The minimum atomic E-state index is -2.66. The third-order valence-electron chi connectivity index (χ3n) is 4.92. The Bertz CT molecular complexity index is 920. The Labute approximate surface area is 158 Å². The zero-order valence-electron chi connectivity index (χ0n) is 14.1. The molecular formula is C19H18NO4S2-. The van der Waals surface area contributed by atoms with E-state index in [4.69, 9.17) is 4.18 Å². The van der Waals surface area contributed by atoms with Crippen LogP contribution in [0, 0.1) is 5.92 Å². The summed E-state index contributed by atoms with van der Waals surface area (Å²) in [5, 5.41) is 9.48. The van der Waals surface area contributed by atoms with Gasteiger partial charge in [0.15, 0.2) is 0 Å². The third-order valence-corrected chi connectivity index (χ3v) is 7.06. The van der Waals surface area contributed by atoms with Crippen molar-refractivity contribution in [2.45, 2.75) is 29.1 Å². The minimum absolute atomic E-state index is 0.0129. The summed E-state index contributed by atoms with van der Waals surface area (Å²) >= 11 is -1.05. The molecule has 2 aliphatic rings. The first-order valence-corrected chi connectivity index (χ1v) is 10.2. The van der Waals surface area contributed by atoms with Gasteiger partial charge in [0.05, 0.1) is 28.0 Å². The molecule has 0 saturated carbocycles. The second-order valence-electron chi connectivity index (χ2n) is 6.55. The Morgan fingerprint density at radius 1 is 1.35 bits per heavy atom. The average Bonchev–Trinajstić information content (AvgIpc) is 3.07. The number of para-hydroxylation sites is 1. The standard InChI is InChI=1S/C19H19NO4S2/c1-19(24-26(22)23)17-7-4-12-20(17)15-5-2-3-6-16(15)25-18(19)13-8-10-14(21)11-9-13/h2-8,10-13,18,21H,9H2,1H3,(H,22,23)/p-1. The summed E-state index contributed by atoms with van der Waals surface area (Å²) in [6.07, 6.45) is 7.90. The molecule has 2 aromatic rings. The third kappa shape index (κ3) is 2.95. The van der Waals surface area contributed by atoms with Crippen molar-refractivity contribution in [3.8, 4) is 5.69 Å². The molecule has 1 N–H and O–H groups in total. The van der Waals surface area contributed by atoms with E-state index in [9.17, 15) is 13.9 Å². The molecule has 1 aliphatic carbocycles. The van der Waals surface area contributed by atoms with Gasteiger partial charge in [-0.25, -0.2) is 4.21 Å². The summed E-state index contributed by atoms with van der Waals surface area (Å²) in [6, 6.07) is 11.8. The summed E-state index contributed by atoms with van der Waals surface area (Å²) in [7, 11) is 0. The summed E-state index contributed by atoms with van der Waals surface area (Å²) in [5.74, 6) is 0.248. The maximum Gasteiger partial charge on any atom is 0.134 e. The molecule has 7 heteroatoms. The van der Waals surface area contributed by atoms with E-state index < -0.39 is 17.0 Å². The van der Waals surface area contributed by atoms with Crippen molar-refractivity contribution in [3.63, 3.8) is 0 Å². The van der Waals surface area contributed by atoms with Gasteiger partial charge in [0.25, 0.3) is 0 Å². The molecule has 5 nitrogen and oxygen atoms in total. The van der Waals surface area contributed by atoms with E-state index in [1.807, 2.05) is 60.2 Å². The zero-order valence-corrected chi connectivity index (χ0v) is 15.7. The van der Waals surface area contributed by atoms with Crippen LogP contribution in [0.3, 0.4) is 0 Å². The van der Waals surface area contributed by atoms with E-state index >= 15 is 0 Å². The predicted molar refractivity (Wildman–Crippen MR) is 101 cm³/mol. The van der Waals surface area contributed by atoms with E-state index in [0.717, 1.165) is 16.3 Å². The highest BCUT2D eigenvalue weighted by Crippen LogP contribution is 2.50. The maximum absolute atomic E-state index is 11.6. The minimum Gasteiger partial charge on any atom is -0.750 e. The van der Waals surface area contributed by atoms with Crippen LogP contribution in [0.4, 0.5) is 0 Å². The molecule has 4 unspecified atom stereocenters. The Kier molecular flexibility index (Phi) is 4.56. The number of aliphatic hydroxyl groups excluding tert-OH is 1. The average molecular weight is 388 g/mol. The van der Waals surface area contributed by atoms with Crippen LogP contribution in [0.2, 0.25) is 0 Å². The van der Waals surface area contributed by atoms with Gasteiger partial charge in [0, 0.05) is 11.1 Å². The molecule has 4 atom stereocenters. The zero-order chi connectivity index (χ0) is 18.3. The van der Waals surface area contributed by atoms with Gasteiger partial charge >= 0.3 is 0 Å². The highest BCUT2D eigenvalue weighted by molar-refractivity contribution is 8.00. The first kappa shape index (κ1) is 17.6. The molecule has 1 aromatic heterocycles. The van der Waals surface area contributed by atoms with E-state index in [2.05, 4.69) is 0 Å². The molecule has 26 heavy (non-hydrogen) atoms. The first-order valence-electron chi connectivity index (χ1n) is 8.29. The lowest BCUT2D eigenvalue weighted by Crippen LogP contribution is -2.42. The lowest BCUT2D eigenvalue weighted by Gasteiger charge is -2.39. The largest absolute Gasteiger partial charge is 0.750 e. The topological polar surface area (TPSA) is 74.5 Å². The number of allylic oxidation sites excluding steroid dienone is 3. The van der Waals surface area contributed by atoms with Gasteiger partial charge in [-0.3, -0.25) is 4.18 Å². The Hall–Kier alpha value is -1.80. The van der Waals surface area contributed by atoms with Crippen LogP contribution in [-0.4, -0.2) is 23.7 Å². The summed E-state index contributed by atoms with van der Waals surface area (Å²) < 4.78 is 30.6. The van der Waals surface area contributed by atoms with Crippen molar-refractivity contribution in [2.24, 2.45) is 5.92 Å². The van der Waals surface area contributed by atoms with Gasteiger partial charge in [0.1, 0.15) is 11.4 Å². The van der Waals surface area contributed by atoms with Crippen molar-refractivity contribution >= 4 is 23.1 Å². The van der Waals surface area contributed by atoms with Crippen molar-refractivity contribution in [1.29, 1.82) is 0 Å². The van der Waals surface area contributed by atoms with Gasteiger partial charge in [0.2, 0.25) is 0 Å². The Balaban J connectivity index is 1.89. The van der Waals surface area contributed by atoms with Crippen LogP contribution in [-0.2, 0) is 21.1 Å². The predicted octanol–water partition coefficient (Wildman–Crippen LogP) is 4.00. The van der Waals surface area contributed by atoms with Crippen molar-refractivity contribution < 1.29 is 18.1 Å². The molecule has 0 radical (unpaired) electrons. The fourth-order valence-electron chi connectivity index (χ4n) is 3.72. The van der Waals surface area contributed by atoms with Crippen LogP contribution >= 0.6 is 11.8 Å². The fourth-order valence-corrected chi connectivity index (χ4v) is 5.74. The Morgan fingerprint density at radius 3 is 2.88 bits per heavy atom. The lowest BCUT2D eigenvalue weighted by molar-refractivity contribution is 0.0704. The van der Waals surface area contributed by atoms with E-state index in [0.29, 0.717) is 6.42 Å². The molecule has 0 amide bonds. The number of benzene rings is 1. The summed E-state index contributed by atoms with van der Waals surface area (Å²) in [4.78, 5) is 1.06. The molecule has 0 fully saturated rings. The second-order valence-corrected chi connectivity index (χ2v) is 8.31. The van der Waals surface area contributed by atoms with Crippen LogP contribution in [0.1, 0.15) is 19.0 Å². The highest BCUT2D eigenvalue weighted by Gasteiger charge is 2.46. The molecule has 2 heterocycles. The number of rotatable bonds is 3. The SMILES string of the molecule is CC1(OS(=O)[O-])c2cccn2-c2ccccc2SC1C1C=CC(O)=CC1. The van der Waals surface area contributed by atoms with Gasteiger partial charge in [-0.15, -0.1) is 11.8 Å². The quantitative estimate of drug-likeness (QED) is 0.805. The highest BCUT2D eigenvalue weighted by atomic mass is 32.2. The molecular weight excluding hydrogens is 370 g/mol. The van der Waals surface area contributed by atoms with Crippen LogP contribution in [0.25, 0.3) is 5.69 Å².